The first-order valence-electron chi connectivity index (χ1n) is 7.30. The van der Waals surface area contributed by atoms with Gasteiger partial charge in [-0.05, 0) is 20.9 Å². The molecule has 0 aromatic heterocycles. The summed E-state index contributed by atoms with van der Waals surface area (Å²) in [5, 5.41) is 5.33. The fourth-order valence-corrected chi connectivity index (χ4v) is 2.98. The largest absolute Gasteiger partial charge is 0.0750 e. The van der Waals surface area contributed by atoms with Crippen molar-refractivity contribution in [3.05, 3.63) is 57.3 Å². The van der Waals surface area contributed by atoms with Gasteiger partial charge in [0.25, 0.3) is 0 Å². The predicted octanol–water partition coefficient (Wildman–Crippen LogP) is 2.00. The molecule has 0 fully saturated rings. The van der Waals surface area contributed by atoms with E-state index in [0.29, 0.717) is 0 Å². The summed E-state index contributed by atoms with van der Waals surface area (Å²) < 4.78 is 0. The van der Waals surface area contributed by atoms with Crippen molar-refractivity contribution in [2.45, 2.75) is 27.7 Å². The van der Waals surface area contributed by atoms with Crippen LogP contribution in [-0.2, 0) is 0 Å². The van der Waals surface area contributed by atoms with Gasteiger partial charge in [-0.3, -0.25) is 0 Å². The van der Waals surface area contributed by atoms with Gasteiger partial charge in [-0.15, -0.1) is 0 Å². The Bertz CT molecular complexity index is 768. The van der Waals surface area contributed by atoms with Crippen molar-refractivity contribution in [2.75, 3.05) is 0 Å². The summed E-state index contributed by atoms with van der Waals surface area (Å²) >= 11 is 0. The topological polar surface area (TPSA) is 0 Å². The van der Waals surface area contributed by atoms with Crippen molar-refractivity contribution in [1.82, 2.24) is 0 Å². The lowest BCUT2D eigenvalue weighted by atomic mass is 9.91. The maximum atomic E-state index is 2.36. The summed E-state index contributed by atoms with van der Waals surface area (Å²) in [7, 11) is 0. The lowest BCUT2D eigenvalue weighted by Crippen LogP contribution is -2.48. The van der Waals surface area contributed by atoms with Gasteiger partial charge in [0.05, 0.1) is 0 Å². The molecule has 2 aliphatic rings. The molecule has 3 rings (SSSR count). The Hall–Kier alpha value is -1.82. The van der Waals surface area contributed by atoms with Gasteiger partial charge < -0.3 is 0 Å². The second kappa shape index (κ2) is 4.34. The Morgan fingerprint density at radius 3 is 1.45 bits per heavy atom. The monoisotopic (exact) mass is 262 g/mol. The highest BCUT2D eigenvalue weighted by Gasteiger charge is 2.13. The third kappa shape index (κ3) is 2.43. The van der Waals surface area contributed by atoms with Crippen LogP contribution in [0.3, 0.4) is 0 Å². The minimum absolute atomic E-state index is 0.111. The Morgan fingerprint density at radius 1 is 0.650 bits per heavy atom. The SMILES string of the molecule is CC1(C)C=CC=c2c(ccc3c2=CC=CC(C)(C)C=3)=C1. The maximum absolute atomic E-state index is 2.36. The number of hydrogen-bond donors (Lipinski definition) is 0. The van der Waals surface area contributed by atoms with Crippen LogP contribution in [0.2, 0.25) is 0 Å². The van der Waals surface area contributed by atoms with Crippen molar-refractivity contribution in [1.29, 1.82) is 0 Å². The fraction of sp³-hybridized carbons (Fsp3) is 0.300. The molecule has 1 aromatic rings. The predicted molar refractivity (Wildman–Crippen MR) is 88.6 cm³/mol. The van der Waals surface area contributed by atoms with Gasteiger partial charge >= 0.3 is 0 Å². The van der Waals surface area contributed by atoms with Gasteiger partial charge in [0, 0.05) is 10.8 Å². The molecule has 0 N–H and O–H groups in total. The van der Waals surface area contributed by atoms with E-state index in [1.807, 2.05) is 0 Å². The lowest BCUT2D eigenvalue weighted by Gasteiger charge is -2.13. The molecule has 0 heterocycles. The van der Waals surface area contributed by atoms with E-state index in [1.54, 1.807) is 0 Å². The highest BCUT2D eigenvalue weighted by molar-refractivity contribution is 5.54. The van der Waals surface area contributed by atoms with E-state index in [2.05, 4.69) is 88.4 Å². The summed E-state index contributed by atoms with van der Waals surface area (Å²) in [6.45, 7) is 8.99. The zero-order chi connectivity index (χ0) is 14.4. The van der Waals surface area contributed by atoms with Crippen LogP contribution in [0.4, 0.5) is 0 Å². The third-order valence-electron chi connectivity index (χ3n) is 3.99. The number of fused-ring (bicyclic) bond motifs is 3. The van der Waals surface area contributed by atoms with Gasteiger partial charge in [-0.2, -0.15) is 0 Å². The second-order valence-electron chi connectivity index (χ2n) is 7.05. The molecule has 0 saturated heterocycles. The molecule has 0 aliphatic heterocycles. The van der Waals surface area contributed by atoms with E-state index in [-0.39, 0.29) is 10.8 Å². The molecule has 2 aliphatic carbocycles. The normalized spacial score (nSPS) is 21.0. The summed E-state index contributed by atoms with van der Waals surface area (Å²) in [6, 6.07) is 4.51. The van der Waals surface area contributed by atoms with Crippen LogP contribution in [0.15, 0.2) is 36.4 Å². The first-order chi connectivity index (χ1) is 9.36. The molecule has 0 atom stereocenters. The molecule has 0 amide bonds. The number of benzene rings is 1. The zero-order valence-corrected chi connectivity index (χ0v) is 12.8. The van der Waals surface area contributed by atoms with E-state index in [9.17, 15) is 0 Å². The third-order valence-corrected chi connectivity index (χ3v) is 3.99. The minimum Gasteiger partial charge on any atom is -0.0750 e. The van der Waals surface area contributed by atoms with Crippen molar-refractivity contribution >= 4 is 24.3 Å². The summed E-state index contributed by atoms with van der Waals surface area (Å²) in [5.74, 6) is 0. The first-order valence-corrected chi connectivity index (χ1v) is 7.30. The molecular weight excluding hydrogens is 240 g/mol. The van der Waals surface area contributed by atoms with Crippen molar-refractivity contribution in [2.24, 2.45) is 10.8 Å². The van der Waals surface area contributed by atoms with Gasteiger partial charge in [-0.1, -0.05) is 88.4 Å². The standard InChI is InChI=1S/C20H22/c1-19(2)11-5-7-17-15(13-19)9-10-16-14-20(3,4)12-6-8-18(16)17/h5-14H,1-4H3. The Morgan fingerprint density at radius 2 is 1.05 bits per heavy atom. The molecule has 102 valence electrons. The van der Waals surface area contributed by atoms with E-state index < -0.39 is 0 Å². The van der Waals surface area contributed by atoms with Crippen molar-refractivity contribution in [3.63, 3.8) is 0 Å². The lowest BCUT2D eigenvalue weighted by molar-refractivity contribution is 0.669. The Kier molecular flexibility index (Phi) is 2.86. The second-order valence-corrected chi connectivity index (χ2v) is 7.05. The van der Waals surface area contributed by atoms with E-state index in [4.69, 9.17) is 0 Å². The van der Waals surface area contributed by atoms with Crippen LogP contribution in [0.25, 0.3) is 24.3 Å². The molecule has 0 bridgehead atoms. The minimum atomic E-state index is 0.111. The molecular formula is C20H22. The van der Waals surface area contributed by atoms with Crippen LogP contribution in [0, 0.1) is 10.8 Å². The first kappa shape index (κ1) is 13.2. The highest BCUT2D eigenvalue weighted by Crippen LogP contribution is 2.20. The Balaban J connectivity index is 2.47. The summed E-state index contributed by atoms with van der Waals surface area (Å²) in [6.07, 6.45) is 18.1. The molecule has 20 heavy (non-hydrogen) atoms. The maximum Gasteiger partial charge on any atom is 0.00167 e. The van der Waals surface area contributed by atoms with Crippen LogP contribution >= 0.6 is 0 Å². The van der Waals surface area contributed by atoms with Crippen LogP contribution in [-0.4, -0.2) is 0 Å². The Labute approximate surface area is 120 Å². The smallest absolute Gasteiger partial charge is 0.00167 e. The van der Waals surface area contributed by atoms with Crippen LogP contribution in [0.5, 0.6) is 0 Å². The molecule has 0 unspecified atom stereocenters. The number of hydrogen-bond acceptors (Lipinski definition) is 0. The van der Waals surface area contributed by atoms with E-state index in [1.165, 1.54) is 20.9 Å². The summed E-state index contributed by atoms with van der Waals surface area (Å²) in [5.41, 5.74) is 0.221. The van der Waals surface area contributed by atoms with Crippen LogP contribution in [0.1, 0.15) is 27.7 Å². The average molecular weight is 262 g/mol. The van der Waals surface area contributed by atoms with E-state index in [0.717, 1.165) is 0 Å². The van der Waals surface area contributed by atoms with Crippen molar-refractivity contribution in [3.8, 4) is 0 Å². The van der Waals surface area contributed by atoms with Gasteiger partial charge in [0.15, 0.2) is 0 Å². The average Bonchev–Trinajstić information content (AvgIpc) is 2.57. The number of allylic oxidation sites excluding steroid dienone is 4. The van der Waals surface area contributed by atoms with Gasteiger partial charge in [-0.25, -0.2) is 0 Å². The fourth-order valence-electron chi connectivity index (χ4n) is 2.98. The quantitative estimate of drug-likeness (QED) is 0.671. The zero-order valence-electron chi connectivity index (χ0n) is 12.8. The molecule has 0 saturated carbocycles. The van der Waals surface area contributed by atoms with Crippen LogP contribution < -0.4 is 20.9 Å². The highest BCUT2D eigenvalue weighted by atomic mass is 14.2. The molecule has 0 radical (unpaired) electrons. The molecule has 1 aromatic carbocycles. The molecule has 0 spiro atoms. The van der Waals surface area contributed by atoms with Crippen molar-refractivity contribution < 1.29 is 0 Å². The molecule has 0 nitrogen and oxygen atoms in total. The van der Waals surface area contributed by atoms with Gasteiger partial charge in [0.2, 0.25) is 0 Å². The van der Waals surface area contributed by atoms with E-state index >= 15 is 0 Å². The summed E-state index contributed by atoms with van der Waals surface area (Å²) in [4.78, 5) is 0. The van der Waals surface area contributed by atoms with Gasteiger partial charge in [0.1, 0.15) is 0 Å². The molecule has 0 heteroatoms. The number of rotatable bonds is 0.